The summed E-state index contributed by atoms with van der Waals surface area (Å²) in [5, 5.41) is 0. The lowest BCUT2D eigenvalue weighted by Gasteiger charge is -2.08. The summed E-state index contributed by atoms with van der Waals surface area (Å²) >= 11 is 1.62. The lowest BCUT2D eigenvalue weighted by molar-refractivity contribution is 0.111. The minimum atomic E-state index is 0.496. The number of imidazole rings is 1. The fourth-order valence-corrected chi connectivity index (χ4v) is 4.31. The van der Waals surface area contributed by atoms with Crippen molar-refractivity contribution in [3.8, 4) is 22.5 Å². The fourth-order valence-electron chi connectivity index (χ4n) is 3.31. The molecule has 0 aliphatic heterocycles. The zero-order valence-electron chi connectivity index (χ0n) is 15.1. The Hall–Kier alpha value is -2.72. The van der Waals surface area contributed by atoms with Crippen LogP contribution in [0.3, 0.4) is 0 Å². The number of carbonyl (C=O) groups is 1. The van der Waals surface area contributed by atoms with Crippen molar-refractivity contribution in [2.24, 2.45) is 0 Å². The number of fused-ring (bicyclic) bond motifs is 1. The van der Waals surface area contributed by atoms with Crippen LogP contribution in [0.1, 0.15) is 40.7 Å². The summed E-state index contributed by atoms with van der Waals surface area (Å²) < 4.78 is 2.00. The van der Waals surface area contributed by atoms with Crippen LogP contribution in [0.2, 0.25) is 0 Å². The van der Waals surface area contributed by atoms with Gasteiger partial charge >= 0.3 is 0 Å². The molecular weight excluding hydrogens is 340 g/mol. The van der Waals surface area contributed by atoms with E-state index in [-0.39, 0.29) is 0 Å². The standard InChI is InChI=1S/C22H20N2OS/c1-14(2)16-9-11-18(12-10-16)21-15(3)26-22-23-20(19(13-25)24(21)22)17-7-5-4-6-8-17/h4-14H,1-3H3. The molecule has 0 unspecified atom stereocenters. The summed E-state index contributed by atoms with van der Waals surface area (Å²) in [6, 6.07) is 18.5. The van der Waals surface area contributed by atoms with Gasteiger partial charge in [0.1, 0.15) is 11.4 Å². The van der Waals surface area contributed by atoms with Gasteiger partial charge in [0.15, 0.2) is 11.2 Å². The highest BCUT2D eigenvalue weighted by molar-refractivity contribution is 7.17. The number of aldehydes is 1. The van der Waals surface area contributed by atoms with Crippen LogP contribution in [0.5, 0.6) is 0 Å². The number of hydrogen-bond donors (Lipinski definition) is 0. The minimum Gasteiger partial charge on any atom is -0.296 e. The molecule has 2 aromatic carbocycles. The van der Waals surface area contributed by atoms with Gasteiger partial charge in [-0.3, -0.25) is 9.20 Å². The third kappa shape index (κ3) is 2.67. The second-order valence-corrected chi connectivity index (χ2v) is 7.91. The second kappa shape index (κ2) is 6.54. The van der Waals surface area contributed by atoms with E-state index in [0.717, 1.165) is 38.6 Å². The molecule has 0 aliphatic carbocycles. The van der Waals surface area contributed by atoms with Gasteiger partial charge in [-0.25, -0.2) is 4.98 Å². The van der Waals surface area contributed by atoms with Gasteiger partial charge in [0.2, 0.25) is 0 Å². The van der Waals surface area contributed by atoms with Gasteiger partial charge in [-0.05, 0) is 24.0 Å². The number of rotatable bonds is 4. The molecule has 3 nitrogen and oxygen atoms in total. The predicted molar refractivity (Wildman–Crippen MR) is 108 cm³/mol. The lowest BCUT2D eigenvalue weighted by atomic mass is 10.0. The van der Waals surface area contributed by atoms with E-state index in [0.29, 0.717) is 11.6 Å². The Morgan fingerprint density at radius 3 is 2.31 bits per heavy atom. The van der Waals surface area contributed by atoms with Crippen LogP contribution < -0.4 is 0 Å². The van der Waals surface area contributed by atoms with Crippen molar-refractivity contribution in [1.29, 1.82) is 0 Å². The maximum atomic E-state index is 12.0. The van der Waals surface area contributed by atoms with Crippen LogP contribution in [0.25, 0.3) is 27.5 Å². The van der Waals surface area contributed by atoms with Crippen molar-refractivity contribution in [3.63, 3.8) is 0 Å². The summed E-state index contributed by atoms with van der Waals surface area (Å²) in [6.07, 6.45) is 0.917. The van der Waals surface area contributed by atoms with Gasteiger partial charge in [-0.1, -0.05) is 68.4 Å². The average Bonchev–Trinajstić information content (AvgIpc) is 3.16. The van der Waals surface area contributed by atoms with Gasteiger partial charge in [0.05, 0.1) is 5.69 Å². The zero-order chi connectivity index (χ0) is 18.3. The summed E-state index contributed by atoms with van der Waals surface area (Å²) in [7, 11) is 0. The molecule has 4 aromatic rings. The number of carbonyl (C=O) groups excluding carboxylic acids is 1. The smallest absolute Gasteiger partial charge is 0.195 e. The summed E-state index contributed by atoms with van der Waals surface area (Å²) in [5.41, 5.74) is 5.79. The zero-order valence-corrected chi connectivity index (χ0v) is 15.9. The van der Waals surface area contributed by atoms with E-state index in [9.17, 15) is 4.79 Å². The molecule has 0 atom stereocenters. The van der Waals surface area contributed by atoms with Crippen molar-refractivity contribution in [3.05, 3.63) is 70.7 Å². The highest BCUT2D eigenvalue weighted by Gasteiger charge is 2.20. The van der Waals surface area contributed by atoms with Gasteiger partial charge in [0.25, 0.3) is 0 Å². The minimum absolute atomic E-state index is 0.496. The van der Waals surface area contributed by atoms with Gasteiger partial charge in [-0.15, -0.1) is 11.3 Å². The third-order valence-corrected chi connectivity index (χ3v) is 5.65. The van der Waals surface area contributed by atoms with E-state index in [2.05, 4.69) is 45.0 Å². The van der Waals surface area contributed by atoms with Gasteiger partial charge in [-0.2, -0.15) is 0 Å². The summed E-state index contributed by atoms with van der Waals surface area (Å²) in [6.45, 7) is 6.47. The van der Waals surface area contributed by atoms with E-state index in [4.69, 9.17) is 4.98 Å². The van der Waals surface area contributed by atoms with Crippen molar-refractivity contribution in [2.45, 2.75) is 26.7 Å². The maximum Gasteiger partial charge on any atom is 0.195 e. The van der Waals surface area contributed by atoms with E-state index >= 15 is 0 Å². The highest BCUT2D eigenvalue weighted by atomic mass is 32.1. The first-order valence-electron chi connectivity index (χ1n) is 8.73. The molecule has 0 amide bonds. The molecule has 0 N–H and O–H groups in total. The Balaban J connectivity index is 1.94. The maximum absolute atomic E-state index is 12.0. The normalized spacial score (nSPS) is 11.4. The lowest BCUT2D eigenvalue weighted by Crippen LogP contribution is -1.96. The van der Waals surface area contributed by atoms with Crippen molar-refractivity contribution in [1.82, 2.24) is 9.38 Å². The Bertz CT molecular complexity index is 1070. The fraction of sp³-hybridized carbons (Fsp3) is 0.182. The number of benzene rings is 2. The highest BCUT2D eigenvalue weighted by Crippen LogP contribution is 2.36. The summed E-state index contributed by atoms with van der Waals surface area (Å²) in [4.78, 5) is 18.7. The molecule has 26 heavy (non-hydrogen) atoms. The Labute approximate surface area is 157 Å². The summed E-state index contributed by atoms with van der Waals surface area (Å²) in [5.74, 6) is 0.496. The number of nitrogens with zero attached hydrogens (tertiary/aromatic N) is 2. The molecule has 0 aliphatic rings. The average molecular weight is 360 g/mol. The topological polar surface area (TPSA) is 34.4 Å². The molecule has 0 fully saturated rings. The molecular formula is C22H20N2OS. The SMILES string of the molecule is Cc1sc2nc(-c3ccccc3)c(C=O)n2c1-c1ccc(C(C)C)cc1. The van der Waals surface area contributed by atoms with E-state index in [1.54, 1.807) is 11.3 Å². The monoisotopic (exact) mass is 360 g/mol. The molecule has 2 heterocycles. The molecule has 2 aromatic heterocycles. The van der Waals surface area contributed by atoms with Crippen LogP contribution in [-0.2, 0) is 0 Å². The molecule has 0 bridgehead atoms. The van der Waals surface area contributed by atoms with Crippen LogP contribution >= 0.6 is 11.3 Å². The van der Waals surface area contributed by atoms with Crippen molar-refractivity contribution < 1.29 is 4.79 Å². The molecule has 0 spiro atoms. The molecule has 130 valence electrons. The van der Waals surface area contributed by atoms with Gasteiger partial charge < -0.3 is 0 Å². The Morgan fingerprint density at radius 2 is 1.69 bits per heavy atom. The predicted octanol–water partition coefficient (Wildman–Crippen LogP) is 5.97. The first kappa shape index (κ1) is 16.7. The van der Waals surface area contributed by atoms with Crippen LogP contribution in [0.15, 0.2) is 54.6 Å². The number of thiazole rings is 1. The first-order chi connectivity index (χ1) is 12.6. The second-order valence-electron chi connectivity index (χ2n) is 6.73. The Morgan fingerprint density at radius 1 is 1.00 bits per heavy atom. The quantitative estimate of drug-likeness (QED) is 0.420. The Kier molecular flexibility index (Phi) is 4.21. The van der Waals surface area contributed by atoms with Crippen molar-refractivity contribution >= 4 is 22.6 Å². The molecule has 4 rings (SSSR count). The number of aromatic nitrogens is 2. The van der Waals surface area contributed by atoms with E-state index in [1.807, 2.05) is 34.7 Å². The van der Waals surface area contributed by atoms with Crippen LogP contribution in [0.4, 0.5) is 0 Å². The molecule has 0 saturated carbocycles. The largest absolute Gasteiger partial charge is 0.296 e. The van der Waals surface area contributed by atoms with E-state index in [1.165, 1.54) is 5.56 Å². The van der Waals surface area contributed by atoms with E-state index < -0.39 is 0 Å². The number of hydrogen-bond acceptors (Lipinski definition) is 3. The van der Waals surface area contributed by atoms with Crippen LogP contribution in [0, 0.1) is 6.92 Å². The molecule has 0 radical (unpaired) electrons. The molecule has 0 saturated heterocycles. The van der Waals surface area contributed by atoms with Crippen LogP contribution in [-0.4, -0.2) is 15.7 Å². The molecule has 4 heteroatoms. The number of aryl methyl sites for hydroxylation is 1. The first-order valence-corrected chi connectivity index (χ1v) is 9.54. The van der Waals surface area contributed by atoms with Gasteiger partial charge in [0, 0.05) is 10.4 Å². The van der Waals surface area contributed by atoms with Crippen molar-refractivity contribution in [2.75, 3.05) is 0 Å². The third-order valence-electron chi connectivity index (χ3n) is 4.69.